The van der Waals surface area contributed by atoms with E-state index in [1.54, 1.807) is 6.20 Å². The number of H-pyrrole nitrogens is 1. The summed E-state index contributed by atoms with van der Waals surface area (Å²) in [6, 6.07) is 7.95. The highest BCUT2D eigenvalue weighted by atomic mass is 16.4. The summed E-state index contributed by atoms with van der Waals surface area (Å²) in [6.07, 6.45) is 5.57. The SMILES string of the molecule is O=C(O)CCc1cncnc1-c1c[nH]c2ccccc12. The van der Waals surface area contributed by atoms with Crippen molar-refractivity contribution in [1.29, 1.82) is 0 Å². The fourth-order valence-corrected chi connectivity index (χ4v) is 2.29. The first-order valence-electron chi connectivity index (χ1n) is 6.33. The maximum Gasteiger partial charge on any atom is 0.303 e. The Labute approximate surface area is 115 Å². The van der Waals surface area contributed by atoms with Crippen LogP contribution in [-0.2, 0) is 11.2 Å². The third-order valence-electron chi connectivity index (χ3n) is 3.24. The second-order valence-electron chi connectivity index (χ2n) is 4.54. The van der Waals surface area contributed by atoms with Crippen molar-refractivity contribution in [3.8, 4) is 11.3 Å². The number of hydrogen-bond acceptors (Lipinski definition) is 3. The average Bonchev–Trinajstić information content (AvgIpc) is 2.89. The standard InChI is InChI=1S/C15H13N3O2/c19-14(20)6-5-10-7-16-9-18-15(10)12-8-17-13-4-2-1-3-11(12)13/h1-4,7-9,17H,5-6H2,(H,19,20). The summed E-state index contributed by atoms with van der Waals surface area (Å²) in [6.45, 7) is 0. The maximum absolute atomic E-state index is 10.7. The summed E-state index contributed by atoms with van der Waals surface area (Å²) in [4.78, 5) is 22.3. The van der Waals surface area contributed by atoms with Crippen LogP contribution in [0.3, 0.4) is 0 Å². The Morgan fingerprint density at radius 1 is 1.30 bits per heavy atom. The molecule has 0 atom stereocenters. The number of fused-ring (bicyclic) bond motifs is 1. The Morgan fingerprint density at radius 3 is 3.00 bits per heavy atom. The minimum Gasteiger partial charge on any atom is -0.481 e. The molecule has 0 spiro atoms. The van der Waals surface area contributed by atoms with Gasteiger partial charge in [-0.1, -0.05) is 18.2 Å². The van der Waals surface area contributed by atoms with Gasteiger partial charge in [0.05, 0.1) is 5.69 Å². The molecule has 3 aromatic rings. The van der Waals surface area contributed by atoms with E-state index >= 15 is 0 Å². The Balaban J connectivity index is 2.07. The highest BCUT2D eigenvalue weighted by molar-refractivity contribution is 5.95. The molecule has 0 fully saturated rings. The number of aromatic nitrogens is 3. The van der Waals surface area contributed by atoms with E-state index in [1.165, 1.54) is 6.33 Å². The number of aryl methyl sites for hydroxylation is 1. The largest absolute Gasteiger partial charge is 0.481 e. The van der Waals surface area contributed by atoms with E-state index in [9.17, 15) is 4.79 Å². The number of benzene rings is 1. The van der Waals surface area contributed by atoms with Gasteiger partial charge in [-0.15, -0.1) is 0 Å². The molecule has 20 heavy (non-hydrogen) atoms. The van der Waals surface area contributed by atoms with Crippen LogP contribution >= 0.6 is 0 Å². The van der Waals surface area contributed by atoms with Gasteiger partial charge in [0.15, 0.2) is 0 Å². The molecular formula is C15H13N3O2. The average molecular weight is 267 g/mol. The Kier molecular flexibility index (Phi) is 3.16. The van der Waals surface area contributed by atoms with E-state index in [1.807, 2.05) is 30.5 Å². The Morgan fingerprint density at radius 2 is 2.15 bits per heavy atom. The van der Waals surface area contributed by atoms with Crippen LogP contribution in [0, 0.1) is 0 Å². The molecule has 2 heterocycles. The highest BCUT2D eigenvalue weighted by Crippen LogP contribution is 2.29. The fraction of sp³-hybridized carbons (Fsp3) is 0.133. The topological polar surface area (TPSA) is 78.9 Å². The summed E-state index contributed by atoms with van der Waals surface area (Å²) in [5.74, 6) is -0.821. The monoisotopic (exact) mass is 267 g/mol. The van der Waals surface area contributed by atoms with Crippen molar-refractivity contribution < 1.29 is 9.90 Å². The van der Waals surface area contributed by atoms with Crippen LogP contribution in [0.25, 0.3) is 22.2 Å². The van der Waals surface area contributed by atoms with Crippen molar-refractivity contribution in [2.45, 2.75) is 12.8 Å². The number of rotatable bonds is 4. The van der Waals surface area contributed by atoms with E-state index in [-0.39, 0.29) is 6.42 Å². The zero-order chi connectivity index (χ0) is 13.9. The van der Waals surface area contributed by atoms with Crippen LogP contribution in [0.4, 0.5) is 0 Å². The van der Waals surface area contributed by atoms with E-state index in [2.05, 4.69) is 15.0 Å². The first kappa shape index (κ1) is 12.3. The van der Waals surface area contributed by atoms with E-state index in [4.69, 9.17) is 5.11 Å². The predicted octanol–water partition coefficient (Wildman–Crippen LogP) is 2.64. The predicted molar refractivity (Wildman–Crippen MR) is 75.3 cm³/mol. The number of carbonyl (C=O) groups is 1. The molecule has 5 heteroatoms. The van der Waals surface area contributed by atoms with Gasteiger partial charge in [0.2, 0.25) is 0 Å². The molecule has 0 saturated carbocycles. The van der Waals surface area contributed by atoms with E-state index in [0.29, 0.717) is 6.42 Å². The number of para-hydroxylation sites is 1. The molecule has 100 valence electrons. The van der Waals surface area contributed by atoms with Crippen molar-refractivity contribution >= 4 is 16.9 Å². The smallest absolute Gasteiger partial charge is 0.303 e. The normalized spacial score (nSPS) is 10.8. The molecule has 5 nitrogen and oxygen atoms in total. The number of carboxylic acids is 1. The Hall–Kier alpha value is -2.69. The molecule has 0 unspecified atom stereocenters. The van der Waals surface area contributed by atoms with Crippen molar-refractivity contribution in [3.63, 3.8) is 0 Å². The minimum absolute atomic E-state index is 0.0722. The summed E-state index contributed by atoms with van der Waals surface area (Å²) in [7, 11) is 0. The summed E-state index contributed by atoms with van der Waals surface area (Å²) in [5, 5.41) is 9.89. The van der Waals surface area contributed by atoms with Gasteiger partial charge in [0.1, 0.15) is 6.33 Å². The number of aromatic amines is 1. The van der Waals surface area contributed by atoms with Gasteiger partial charge in [0.25, 0.3) is 0 Å². The number of nitrogens with one attached hydrogen (secondary N) is 1. The van der Waals surface area contributed by atoms with Crippen LogP contribution in [0.15, 0.2) is 43.0 Å². The van der Waals surface area contributed by atoms with E-state index in [0.717, 1.165) is 27.7 Å². The van der Waals surface area contributed by atoms with Crippen LogP contribution in [0.1, 0.15) is 12.0 Å². The third-order valence-corrected chi connectivity index (χ3v) is 3.24. The first-order valence-corrected chi connectivity index (χ1v) is 6.33. The number of nitrogens with zero attached hydrogens (tertiary/aromatic N) is 2. The molecule has 0 aliphatic rings. The Bertz CT molecular complexity index is 764. The van der Waals surface area contributed by atoms with E-state index < -0.39 is 5.97 Å². The number of aliphatic carboxylic acids is 1. The molecule has 3 rings (SSSR count). The van der Waals surface area contributed by atoms with Crippen LogP contribution in [-0.4, -0.2) is 26.0 Å². The molecule has 0 amide bonds. The molecule has 0 saturated heterocycles. The second-order valence-corrected chi connectivity index (χ2v) is 4.54. The van der Waals surface area contributed by atoms with Gasteiger partial charge in [-0.05, 0) is 18.1 Å². The first-order chi connectivity index (χ1) is 9.75. The zero-order valence-electron chi connectivity index (χ0n) is 10.7. The van der Waals surface area contributed by atoms with Crippen LogP contribution in [0.5, 0.6) is 0 Å². The maximum atomic E-state index is 10.7. The molecule has 1 aromatic carbocycles. The van der Waals surface area contributed by atoms with Crippen molar-refractivity contribution in [3.05, 3.63) is 48.5 Å². The van der Waals surface area contributed by atoms with Gasteiger partial charge in [-0.2, -0.15) is 0 Å². The number of carboxylic acid groups (broad SMARTS) is 1. The molecule has 2 N–H and O–H groups in total. The second kappa shape index (κ2) is 5.13. The lowest BCUT2D eigenvalue weighted by molar-refractivity contribution is -0.136. The van der Waals surface area contributed by atoms with Gasteiger partial charge >= 0.3 is 5.97 Å². The minimum atomic E-state index is -0.821. The number of hydrogen-bond donors (Lipinski definition) is 2. The molecule has 2 aromatic heterocycles. The summed E-state index contributed by atoms with van der Waals surface area (Å²) < 4.78 is 0. The lowest BCUT2D eigenvalue weighted by Crippen LogP contribution is -2.00. The van der Waals surface area contributed by atoms with Crippen LogP contribution < -0.4 is 0 Å². The lowest BCUT2D eigenvalue weighted by Gasteiger charge is -2.05. The zero-order valence-corrected chi connectivity index (χ0v) is 10.7. The quantitative estimate of drug-likeness (QED) is 0.761. The molecular weight excluding hydrogens is 254 g/mol. The molecule has 0 radical (unpaired) electrons. The fourth-order valence-electron chi connectivity index (χ4n) is 2.29. The van der Waals surface area contributed by atoms with Gasteiger partial charge in [-0.3, -0.25) is 4.79 Å². The van der Waals surface area contributed by atoms with Crippen LogP contribution in [0.2, 0.25) is 0 Å². The molecule has 0 aliphatic carbocycles. The third kappa shape index (κ3) is 2.25. The van der Waals surface area contributed by atoms with Gasteiger partial charge < -0.3 is 10.1 Å². The summed E-state index contributed by atoms with van der Waals surface area (Å²) >= 11 is 0. The van der Waals surface area contributed by atoms with Crippen molar-refractivity contribution in [1.82, 2.24) is 15.0 Å². The lowest BCUT2D eigenvalue weighted by atomic mass is 10.0. The molecule has 0 bridgehead atoms. The molecule has 0 aliphatic heterocycles. The van der Waals surface area contributed by atoms with Gasteiger partial charge in [0, 0.05) is 35.3 Å². The highest BCUT2D eigenvalue weighted by Gasteiger charge is 2.12. The summed E-state index contributed by atoms with van der Waals surface area (Å²) in [5.41, 5.74) is 3.65. The van der Waals surface area contributed by atoms with Crippen molar-refractivity contribution in [2.75, 3.05) is 0 Å². The van der Waals surface area contributed by atoms with Crippen molar-refractivity contribution in [2.24, 2.45) is 0 Å². The van der Waals surface area contributed by atoms with Gasteiger partial charge in [-0.25, -0.2) is 9.97 Å².